The van der Waals surface area contributed by atoms with Crippen molar-refractivity contribution >= 4 is 22.1 Å². The first kappa shape index (κ1) is 13.0. The Kier molecular flexibility index (Phi) is 4.36. The predicted molar refractivity (Wildman–Crippen MR) is 47.9 cm³/mol. The average molecular weight is 263 g/mol. The topological polar surface area (TPSA) is 112 Å². The molecule has 0 amide bonds. The Morgan fingerprint density at radius 1 is 1.00 bits per heavy atom. The van der Waals surface area contributed by atoms with Crippen LogP contribution in [0.4, 0.5) is 0 Å². The zero-order valence-corrected chi connectivity index (χ0v) is 9.40. The lowest BCUT2D eigenvalue weighted by Crippen LogP contribution is -2.68. The van der Waals surface area contributed by atoms with E-state index in [4.69, 9.17) is 18.6 Å². The molecule has 86 valence electrons. The molecule has 0 atom stereocenters. The van der Waals surface area contributed by atoms with Gasteiger partial charge in [0.2, 0.25) is 22.1 Å². The number of hydrogen-bond acceptors (Lipinski definition) is 5. The molecule has 1 N–H and O–H groups in total. The summed E-state index contributed by atoms with van der Waals surface area (Å²) in [6.45, 7) is 0. The van der Waals surface area contributed by atoms with Gasteiger partial charge in [0, 0.05) is 10.8 Å². The van der Waals surface area contributed by atoms with Crippen molar-refractivity contribution in [2.45, 2.75) is 0 Å². The van der Waals surface area contributed by atoms with Gasteiger partial charge in [-0.3, -0.25) is 0 Å². The molecule has 1 heterocycles. The van der Waals surface area contributed by atoms with Gasteiger partial charge in [-0.1, -0.05) is 18.2 Å². The summed E-state index contributed by atoms with van der Waals surface area (Å²) in [5.74, 6) is 0.369. The van der Waals surface area contributed by atoms with Crippen LogP contribution < -0.4 is 18.6 Å². The number of benzene rings is 1. The van der Waals surface area contributed by atoms with E-state index in [0.717, 1.165) is 10.8 Å². The molecule has 0 radical (unpaired) electrons. The highest BCUT2D eigenvalue weighted by atomic mass is 35.7. The van der Waals surface area contributed by atoms with E-state index in [-0.39, 0.29) is 0 Å². The minimum absolute atomic E-state index is 0.369. The molecular formula is C9H7ClO5S. The van der Waals surface area contributed by atoms with Gasteiger partial charge in [-0.15, -0.1) is 10.2 Å². The lowest BCUT2D eigenvalue weighted by Gasteiger charge is -2.17. The first-order valence-corrected chi connectivity index (χ1v) is 6.14. The van der Waals surface area contributed by atoms with Crippen LogP contribution in [-0.2, 0) is 0 Å². The van der Waals surface area contributed by atoms with Crippen LogP contribution in [0, 0.1) is 10.2 Å². The van der Waals surface area contributed by atoms with Crippen LogP contribution in [0.15, 0.2) is 35.0 Å². The van der Waals surface area contributed by atoms with Crippen LogP contribution in [0.3, 0.4) is 0 Å². The number of rotatable bonds is 0. The molecule has 0 aliphatic heterocycles. The van der Waals surface area contributed by atoms with Gasteiger partial charge >= 0.3 is 0 Å². The van der Waals surface area contributed by atoms with Crippen molar-refractivity contribution in [1.82, 2.24) is 0 Å². The van der Waals surface area contributed by atoms with Gasteiger partial charge in [-0.2, -0.15) is 0 Å². The number of aromatic hydroxyl groups is 1. The smallest absolute Gasteiger partial charge is 0.237 e. The zero-order valence-electron chi connectivity index (χ0n) is 7.83. The molecule has 2 rings (SSSR count). The second-order valence-electron chi connectivity index (χ2n) is 2.72. The van der Waals surface area contributed by atoms with Gasteiger partial charge in [0.25, 0.3) is 0 Å². The molecule has 16 heavy (non-hydrogen) atoms. The van der Waals surface area contributed by atoms with Gasteiger partial charge in [0.1, 0.15) is 0 Å². The van der Waals surface area contributed by atoms with Crippen molar-refractivity contribution in [3.05, 3.63) is 35.0 Å². The van der Waals surface area contributed by atoms with Crippen LogP contribution in [0.2, 0.25) is 0 Å². The predicted octanol–water partition coefficient (Wildman–Crippen LogP) is -1.87. The molecule has 7 heteroatoms. The highest BCUT2D eigenvalue weighted by Gasteiger charge is 2.03. The molecule has 0 aliphatic rings. The molecule has 1 aromatic heterocycles. The normalized spacial score (nSPS) is 10.8. The highest BCUT2D eigenvalue weighted by Crippen LogP contribution is 2.25. The minimum atomic E-state index is -4.94. The molecule has 1 aromatic carbocycles. The maximum absolute atomic E-state index is 9.38. The molecule has 0 aliphatic carbocycles. The summed E-state index contributed by atoms with van der Waals surface area (Å²) in [6, 6.07) is 7.80. The van der Waals surface area contributed by atoms with Crippen molar-refractivity contribution in [2.75, 3.05) is 0 Å². The fraction of sp³-hybridized carbons (Fsp3) is 0. The van der Waals surface area contributed by atoms with Crippen molar-refractivity contribution in [3.63, 3.8) is 0 Å². The Bertz CT molecular complexity index is 459. The Morgan fingerprint density at radius 3 is 2.12 bits per heavy atom. The molecule has 2 aromatic rings. The summed E-state index contributed by atoms with van der Waals surface area (Å²) in [5.41, 5.74) is 0. The lowest BCUT2D eigenvalue weighted by atomic mass is 10.2. The third-order valence-corrected chi connectivity index (χ3v) is 2.36. The van der Waals surface area contributed by atoms with E-state index in [9.17, 15) is 5.11 Å². The second-order valence-corrected chi connectivity index (χ2v) is 4.22. The van der Waals surface area contributed by atoms with E-state index in [2.05, 4.69) is 0 Å². The van der Waals surface area contributed by atoms with Gasteiger partial charge < -0.3 is 5.11 Å². The largest absolute Gasteiger partial charge is 0.503 e. The van der Waals surface area contributed by atoms with Crippen molar-refractivity contribution in [2.24, 2.45) is 0 Å². The summed E-state index contributed by atoms with van der Waals surface area (Å²) in [5, 5.41) is 15.2. The maximum Gasteiger partial charge on any atom is 0.237 e. The monoisotopic (exact) mass is 262 g/mol. The Morgan fingerprint density at radius 2 is 1.56 bits per heavy atom. The van der Waals surface area contributed by atoms with Crippen LogP contribution in [-0.4, -0.2) is 5.11 Å². The van der Waals surface area contributed by atoms with Crippen LogP contribution >= 0.6 is 11.3 Å². The number of fused-ring (bicyclic) bond motifs is 1. The molecule has 0 saturated carbocycles. The Labute approximate surface area is 97.2 Å². The fourth-order valence-corrected chi connectivity index (χ4v) is 1.74. The Balaban J connectivity index is 0.000000221. The zero-order chi connectivity index (χ0) is 12.2. The van der Waals surface area contributed by atoms with Crippen LogP contribution in [0.25, 0.3) is 10.8 Å². The Hall–Kier alpha value is -1.02. The molecule has 0 fully saturated rings. The van der Waals surface area contributed by atoms with Gasteiger partial charge in [-0.05, 0) is 6.07 Å². The van der Waals surface area contributed by atoms with Gasteiger partial charge in [-0.25, -0.2) is 18.6 Å². The van der Waals surface area contributed by atoms with Gasteiger partial charge in [0.05, 0.1) is 0 Å². The molecule has 0 saturated heterocycles. The summed E-state index contributed by atoms with van der Waals surface area (Å²) >= 11 is 1.51. The van der Waals surface area contributed by atoms with E-state index in [1.807, 2.05) is 29.6 Å². The van der Waals surface area contributed by atoms with E-state index in [1.165, 1.54) is 11.3 Å². The summed E-state index contributed by atoms with van der Waals surface area (Å²) < 4.78 is 34.0. The van der Waals surface area contributed by atoms with Gasteiger partial charge in [0.15, 0.2) is 5.75 Å². The quantitative estimate of drug-likeness (QED) is 0.559. The number of halogens is 1. The van der Waals surface area contributed by atoms with Crippen molar-refractivity contribution in [1.29, 1.82) is 0 Å². The molecule has 5 nitrogen and oxygen atoms in total. The second kappa shape index (κ2) is 5.35. The summed E-state index contributed by atoms with van der Waals surface area (Å²) in [6.07, 6.45) is 0. The highest BCUT2D eigenvalue weighted by molar-refractivity contribution is 7.08. The van der Waals surface area contributed by atoms with E-state index < -0.39 is 10.2 Å². The SMILES string of the molecule is Oc1c[s+]cc2ccccc12.[O-][Cl+3]([O-])([O-])[O-]. The lowest BCUT2D eigenvalue weighted by molar-refractivity contribution is -2.00. The maximum atomic E-state index is 9.38. The van der Waals surface area contributed by atoms with Crippen LogP contribution in [0.5, 0.6) is 5.75 Å². The van der Waals surface area contributed by atoms with Crippen molar-refractivity contribution in [3.8, 4) is 5.75 Å². The van der Waals surface area contributed by atoms with E-state index >= 15 is 0 Å². The standard InChI is InChI=1S/C9H6OS.ClHO4/c10-9-6-11-5-7-3-1-2-4-8(7)9;2-1(3,4)5/h1-6H;(H,2,3,4,5). The first-order chi connectivity index (χ1) is 7.38. The summed E-state index contributed by atoms with van der Waals surface area (Å²) in [4.78, 5) is 0. The molecule has 0 unspecified atom stereocenters. The molecule has 0 spiro atoms. The average Bonchev–Trinajstić information content (AvgIpc) is 2.16. The third-order valence-electron chi connectivity index (χ3n) is 1.61. The molecule has 0 bridgehead atoms. The van der Waals surface area contributed by atoms with E-state index in [0.29, 0.717) is 5.75 Å². The minimum Gasteiger partial charge on any atom is -0.503 e. The van der Waals surface area contributed by atoms with E-state index in [1.54, 1.807) is 5.38 Å². The fourth-order valence-electron chi connectivity index (χ4n) is 1.07. The first-order valence-electron chi connectivity index (χ1n) is 3.97. The summed E-state index contributed by atoms with van der Waals surface area (Å²) in [7, 11) is -4.94. The third kappa shape index (κ3) is 4.67. The number of hydrogen-bond donors (Lipinski definition) is 1. The van der Waals surface area contributed by atoms with Crippen LogP contribution in [0.1, 0.15) is 0 Å². The van der Waals surface area contributed by atoms with Crippen molar-refractivity contribution < 1.29 is 34.0 Å². The molecular weight excluding hydrogens is 256 g/mol.